The second-order valence-corrected chi connectivity index (χ2v) is 8.19. The zero-order valence-electron chi connectivity index (χ0n) is 17.1. The molecule has 2 aliphatic rings. The van der Waals surface area contributed by atoms with E-state index in [0.29, 0.717) is 12.3 Å². The average Bonchev–Trinajstić information content (AvgIpc) is 3.26. The van der Waals surface area contributed by atoms with Crippen LogP contribution >= 0.6 is 0 Å². The lowest BCUT2D eigenvalue weighted by Crippen LogP contribution is -2.48. The molecule has 0 spiro atoms. The normalized spacial score (nSPS) is 27.4. The van der Waals surface area contributed by atoms with E-state index >= 15 is 0 Å². The minimum atomic E-state index is -4.52. The van der Waals surface area contributed by atoms with Crippen LogP contribution < -0.4 is 10.1 Å². The number of hydrogen-bond donors (Lipinski definition) is 2. The van der Waals surface area contributed by atoms with E-state index < -0.39 is 41.4 Å². The number of rotatable bonds is 5. The van der Waals surface area contributed by atoms with E-state index in [2.05, 4.69) is 10.3 Å². The molecule has 2 aliphatic heterocycles. The molecule has 2 fully saturated rings. The van der Waals surface area contributed by atoms with Gasteiger partial charge in [-0.05, 0) is 49.1 Å². The first kappa shape index (κ1) is 21.6. The highest BCUT2D eigenvalue weighted by atomic mass is 19.4. The molecule has 2 aromatic rings. The summed E-state index contributed by atoms with van der Waals surface area (Å²) in [5, 5.41) is 12.8. The standard InChI is InChI=1S/C22H23F3N2O4/c1-12-3-4-14(8-15(12)22(23,24)25)27-20(29)21(11-17-16(28)9-18(21)31-17)10-13-5-6-26-19(7-13)30-2/h3-8,16-18,28H,9-11H2,1-2H3,(H,27,29)/t16-,17+,18+,21-/m0/s1. The van der Waals surface area contributed by atoms with Gasteiger partial charge in [0.15, 0.2) is 0 Å². The molecule has 3 heterocycles. The summed E-state index contributed by atoms with van der Waals surface area (Å²) < 4.78 is 50.9. The van der Waals surface area contributed by atoms with Crippen molar-refractivity contribution in [1.82, 2.24) is 4.98 Å². The monoisotopic (exact) mass is 436 g/mol. The summed E-state index contributed by atoms with van der Waals surface area (Å²) >= 11 is 0. The Hall–Kier alpha value is -2.65. The number of ether oxygens (including phenoxy) is 2. The van der Waals surface area contributed by atoms with Crippen LogP contribution in [0.4, 0.5) is 18.9 Å². The van der Waals surface area contributed by atoms with Crippen LogP contribution in [0.3, 0.4) is 0 Å². The van der Waals surface area contributed by atoms with Gasteiger partial charge in [0.05, 0.1) is 36.4 Å². The molecule has 1 aromatic heterocycles. The van der Waals surface area contributed by atoms with Gasteiger partial charge in [0, 0.05) is 24.4 Å². The maximum atomic E-state index is 13.4. The smallest absolute Gasteiger partial charge is 0.416 e. The number of nitrogens with zero attached hydrogens (tertiary/aromatic N) is 1. The number of alkyl halides is 3. The van der Waals surface area contributed by atoms with Crippen molar-refractivity contribution >= 4 is 11.6 Å². The van der Waals surface area contributed by atoms with E-state index in [1.54, 1.807) is 18.3 Å². The van der Waals surface area contributed by atoms with Crippen LogP contribution in [0, 0.1) is 12.3 Å². The minimum absolute atomic E-state index is 0.0675. The van der Waals surface area contributed by atoms with Crippen molar-refractivity contribution in [3.63, 3.8) is 0 Å². The number of anilines is 1. The number of aliphatic hydroxyl groups excluding tert-OH is 1. The first-order valence-corrected chi connectivity index (χ1v) is 9.94. The molecule has 2 N–H and O–H groups in total. The van der Waals surface area contributed by atoms with Crippen LogP contribution in [-0.2, 0) is 22.1 Å². The molecule has 1 amide bonds. The number of nitrogens with one attached hydrogen (secondary N) is 1. The van der Waals surface area contributed by atoms with Crippen molar-refractivity contribution in [2.75, 3.05) is 12.4 Å². The quantitative estimate of drug-likeness (QED) is 0.750. The van der Waals surface area contributed by atoms with Crippen molar-refractivity contribution in [3.05, 3.63) is 53.2 Å². The highest BCUT2D eigenvalue weighted by Crippen LogP contribution is 2.50. The van der Waals surface area contributed by atoms with Gasteiger partial charge in [-0.15, -0.1) is 0 Å². The summed E-state index contributed by atoms with van der Waals surface area (Å²) in [5.41, 5.74) is -0.890. The zero-order chi connectivity index (χ0) is 22.4. The maximum absolute atomic E-state index is 13.4. The summed E-state index contributed by atoms with van der Waals surface area (Å²) in [6, 6.07) is 7.20. The van der Waals surface area contributed by atoms with E-state index in [4.69, 9.17) is 9.47 Å². The van der Waals surface area contributed by atoms with Crippen LogP contribution in [0.25, 0.3) is 0 Å². The van der Waals surface area contributed by atoms with Crippen LogP contribution in [0.5, 0.6) is 5.88 Å². The number of halogens is 3. The molecule has 0 saturated carbocycles. The van der Waals surface area contributed by atoms with Gasteiger partial charge in [-0.3, -0.25) is 4.79 Å². The number of pyridine rings is 1. The fraction of sp³-hybridized carbons (Fsp3) is 0.455. The van der Waals surface area contributed by atoms with Gasteiger partial charge in [-0.25, -0.2) is 4.98 Å². The Morgan fingerprint density at radius 1 is 1.35 bits per heavy atom. The lowest BCUT2D eigenvalue weighted by atomic mass is 9.68. The Morgan fingerprint density at radius 3 is 2.74 bits per heavy atom. The number of methoxy groups -OCH3 is 1. The first-order valence-electron chi connectivity index (χ1n) is 9.94. The van der Waals surface area contributed by atoms with E-state index in [9.17, 15) is 23.1 Å². The molecule has 0 radical (unpaired) electrons. The molecule has 4 rings (SSSR count). The molecule has 2 bridgehead atoms. The predicted molar refractivity (Wildman–Crippen MR) is 106 cm³/mol. The van der Waals surface area contributed by atoms with Crippen molar-refractivity contribution in [3.8, 4) is 5.88 Å². The molecular weight excluding hydrogens is 413 g/mol. The molecule has 1 aromatic carbocycles. The van der Waals surface area contributed by atoms with Crippen molar-refractivity contribution in [1.29, 1.82) is 0 Å². The zero-order valence-corrected chi connectivity index (χ0v) is 17.1. The fourth-order valence-electron chi connectivity index (χ4n) is 4.56. The third kappa shape index (κ3) is 3.99. The van der Waals surface area contributed by atoms with E-state index in [0.717, 1.165) is 11.6 Å². The SMILES string of the molecule is COc1cc(C[C@]2(C(=O)Nc3ccc(C)c(C(F)(F)F)c3)C[C@H]3O[C@@H]2C[C@@H]3O)ccn1. The Labute approximate surface area is 177 Å². The molecule has 4 atom stereocenters. The van der Waals surface area contributed by atoms with Crippen LogP contribution in [-0.4, -0.2) is 41.4 Å². The third-order valence-electron chi connectivity index (χ3n) is 6.19. The first-order chi connectivity index (χ1) is 14.6. The largest absolute Gasteiger partial charge is 0.481 e. The lowest BCUT2D eigenvalue weighted by Gasteiger charge is -2.35. The maximum Gasteiger partial charge on any atom is 0.416 e. The van der Waals surface area contributed by atoms with Crippen LogP contribution in [0.1, 0.15) is 29.5 Å². The van der Waals surface area contributed by atoms with Gasteiger partial charge in [0.1, 0.15) is 0 Å². The number of benzene rings is 1. The van der Waals surface area contributed by atoms with Crippen LogP contribution in [0.15, 0.2) is 36.5 Å². The number of aliphatic hydroxyl groups is 1. The van der Waals surface area contributed by atoms with E-state index in [-0.39, 0.29) is 24.1 Å². The van der Waals surface area contributed by atoms with Crippen molar-refractivity contribution < 1.29 is 32.5 Å². The molecular formula is C22H23F3N2O4. The molecule has 166 valence electrons. The summed E-state index contributed by atoms with van der Waals surface area (Å²) in [6.07, 6.45) is -3.79. The predicted octanol–water partition coefficient (Wildman–Crippen LogP) is 3.51. The Kier molecular flexibility index (Phi) is 5.43. The lowest BCUT2D eigenvalue weighted by molar-refractivity contribution is -0.138. The second kappa shape index (κ2) is 7.80. The Bertz CT molecular complexity index is 995. The molecule has 0 unspecified atom stereocenters. The number of hydrogen-bond acceptors (Lipinski definition) is 5. The number of amides is 1. The molecule has 6 nitrogen and oxygen atoms in total. The number of fused-ring (bicyclic) bond motifs is 2. The Morgan fingerprint density at radius 2 is 2.13 bits per heavy atom. The van der Waals surface area contributed by atoms with Gasteiger partial charge in [0.25, 0.3) is 0 Å². The average molecular weight is 436 g/mol. The summed E-state index contributed by atoms with van der Waals surface area (Å²) in [4.78, 5) is 17.5. The number of aromatic nitrogens is 1. The van der Waals surface area contributed by atoms with E-state index in [1.165, 1.54) is 26.2 Å². The van der Waals surface area contributed by atoms with Gasteiger partial charge in [0.2, 0.25) is 11.8 Å². The summed E-state index contributed by atoms with van der Waals surface area (Å²) in [7, 11) is 1.49. The number of carbonyl (C=O) groups is 1. The molecule has 9 heteroatoms. The van der Waals surface area contributed by atoms with Gasteiger partial charge >= 0.3 is 6.18 Å². The molecule has 2 saturated heterocycles. The number of carbonyl (C=O) groups excluding carboxylic acids is 1. The topological polar surface area (TPSA) is 80.7 Å². The molecule has 31 heavy (non-hydrogen) atoms. The van der Waals surface area contributed by atoms with Crippen LogP contribution in [0.2, 0.25) is 0 Å². The fourth-order valence-corrected chi connectivity index (χ4v) is 4.56. The summed E-state index contributed by atoms with van der Waals surface area (Å²) in [5.74, 6) is -0.0369. The highest BCUT2D eigenvalue weighted by Gasteiger charge is 2.60. The van der Waals surface area contributed by atoms with E-state index in [1.807, 2.05) is 0 Å². The summed E-state index contributed by atoms with van der Waals surface area (Å²) in [6.45, 7) is 1.37. The molecule has 0 aliphatic carbocycles. The second-order valence-electron chi connectivity index (χ2n) is 8.19. The van der Waals surface area contributed by atoms with Gasteiger partial charge in [-0.1, -0.05) is 6.07 Å². The van der Waals surface area contributed by atoms with Crippen molar-refractivity contribution in [2.24, 2.45) is 5.41 Å². The van der Waals surface area contributed by atoms with Gasteiger partial charge < -0.3 is 19.9 Å². The number of aryl methyl sites for hydroxylation is 1. The Balaban J connectivity index is 1.64. The third-order valence-corrected chi connectivity index (χ3v) is 6.19. The van der Waals surface area contributed by atoms with Crippen molar-refractivity contribution in [2.45, 2.75) is 50.7 Å². The van der Waals surface area contributed by atoms with Gasteiger partial charge in [-0.2, -0.15) is 13.2 Å². The minimum Gasteiger partial charge on any atom is -0.481 e. The highest BCUT2D eigenvalue weighted by molar-refractivity contribution is 5.96.